The predicted molar refractivity (Wildman–Crippen MR) is 115 cm³/mol. The number of nitrogens with zero attached hydrogens (tertiary/aromatic N) is 2. The molecule has 0 saturated carbocycles. The molecule has 9 nitrogen and oxygen atoms in total. The molecule has 0 bridgehead atoms. The van der Waals surface area contributed by atoms with Crippen molar-refractivity contribution in [3.8, 4) is 0 Å². The Morgan fingerprint density at radius 2 is 2.06 bits per heavy atom. The van der Waals surface area contributed by atoms with Gasteiger partial charge in [0.1, 0.15) is 5.58 Å². The van der Waals surface area contributed by atoms with Gasteiger partial charge in [0.15, 0.2) is 5.76 Å². The maximum atomic E-state index is 13.3. The topological polar surface area (TPSA) is 133 Å². The smallest absolute Gasteiger partial charge is 0.324 e. The highest BCUT2D eigenvalue weighted by atomic mass is 16.3. The average molecular weight is 425 g/mol. The third-order valence-corrected chi connectivity index (χ3v) is 6.26. The summed E-state index contributed by atoms with van der Waals surface area (Å²) in [5.41, 5.74) is 6.07. The van der Waals surface area contributed by atoms with Gasteiger partial charge in [-0.3, -0.25) is 19.9 Å². The number of para-hydroxylation sites is 1. The second-order valence-corrected chi connectivity index (χ2v) is 8.13. The van der Waals surface area contributed by atoms with Crippen molar-refractivity contribution in [2.75, 3.05) is 13.6 Å². The third kappa shape index (κ3) is 3.75. The van der Waals surface area contributed by atoms with Gasteiger partial charge in [-0.1, -0.05) is 24.6 Å². The van der Waals surface area contributed by atoms with Gasteiger partial charge in [-0.25, -0.2) is 4.79 Å². The molecule has 2 saturated heterocycles. The average Bonchev–Trinajstić information content (AvgIpc) is 3.43. The van der Waals surface area contributed by atoms with E-state index in [4.69, 9.17) is 15.6 Å². The number of urea groups is 1. The van der Waals surface area contributed by atoms with Crippen LogP contribution in [0.3, 0.4) is 0 Å². The molecule has 0 radical (unpaired) electrons. The SMILES string of the molecule is CNC(=O)N1C(=O)[C@H](CCCCC(=N)N)[C@@H]2[C@@H]1CCN2C(=O)c1cc2ccccc2o1. The number of likely N-dealkylation sites (tertiary alicyclic amines) is 2. The lowest BCUT2D eigenvalue weighted by molar-refractivity contribution is -0.129. The minimum atomic E-state index is -0.468. The number of amidine groups is 1. The van der Waals surface area contributed by atoms with E-state index in [0.29, 0.717) is 44.2 Å². The molecule has 2 aliphatic heterocycles. The van der Waals surface area contributed by atoms with Gasteiger partial charge in [-0.15, -0.1) is 0 Å². The van der Waals surface area contributed by atoms with E-state index >= 15 is 0 Å². The number of nitrogens with one attached hydrogen (secondary N) is 2. The van der Waals surface area contributed by atoms with E-state index < -0.39 is 11.9 Å². The number of carbonyl (C=O) groups is 3. The first-order valence-corrected chi connectivity index (χ1v) is 10.6. The predicted octanol–water partition coefficient (Wildman–Crippen LogP) is 2.31. The van der Waals surface area contributed by atoms with Crippen LogP contribution in [0.4, 0.5) is 4.79 Å². The van der Waals surface area contributed by atoms with Gasteiger partial charge in [0, 0.05) is 25.4 Å². The number of amides is 4. The Morgan fingerprint density at radius 1 is 1.29 bits per heavy atom. The van der Waals surface area contributed by atoms with Crippen molar-refractivity contribution in [3.05, 3.63) is 36.1 Å². The van der Waals surface area contributed by atoms with E-state index in [1.807, 2.05) is 24.3 Å². The molecule has 2 aromatic rings. The number of rotatable bonds is 6. The molecule has 1 aromatic carbocycles. The summed E-state index contributed by atoms with van der Waals surface area (Å²) in [6.07, 6.45) is 2.92. The molecule has 2 fully saturated rings. The number of hydrogen-bond acceptors (Lipinski definition) is 5. The Kier molecular flexibility index (Phi) is 5.67. The van der Waals surface area contributed by atoms with Crippen LogP contribution in [0.15, 0.2) is 34.7 Å². The Hall–Kier alpha value is -3.36. The number of carbonyl (C=O) groups excluding carboxylic acids is 3. The zero-order chi connectivity index (χ0) is 22.1. The minimum Gasteiger partial charge on any atom is -0.451 e. The monoisotopic (exact) mass is 425 g/mol. The lowest BCUT2D eigenvalue weighted by Crippen LogP contribution is -2.45. The van der Waals surface area contributed by atoms with Gasteiger partial charge in [0.05, 0.1) is 23.8 Å². The first-order valence-electron chi connectivity index (χ1n) is 10.6. The van der Waals surface area contributed by atoms with Crippen LogP contribution in [0.5, 0.6) is 0 Å². The fourth-order valence-electron chi connectivity index (χ4n) is 4.87. The Labute approximate surface area is 180 Å². The largest absolute Gasteiger partial charge is 0.451 e. The van der Waals surface area contributed by atoms with Crippen LogP contribution < -0.4 is 11.1 Å². The van der Waals surface area contributed by atoms with Gasteiger partial charge < -0.3 is 20.4 Å². The van der Waals surface area contributed by atoms with Crippen molar-refractivity contribution in [1.82, 2.24) is 15.1 Å². The standard InChI is InChI=1S/C22H27N5O4/c1-25-22(30)27-15-10-11-26(19(15)14(20(27)28)7-3-5-9-18(23)24)21(29)17-12-13-6-2-4-8-16(13)31-17/h2,4,6,8,12,14-15,19H,3,5,7,9-11H2,1H3,(H3,23,24)(H,25,30)/t14-,15+,19-/m1/s1. The quantitative estimate of drug-likeness (QED) is 0.371. The summed E-state index contributed by atoms with van der Waals surface area (Å²) in [6.45, 7) is 0.454. The molecule has 164 valence electrons. The minimum absolute atomic E-state index is 0.116. The molecule has 0 aliphatic carbocycles. The van der Waals surface area contributed by atoms with E-state index in [1.54, 1.807) is 11.0 Å². The molecule has 31 heavy (non-hydrogen) atoms. The van der Waals surface area contributed by atoms with Crippen molar-refractivity contribution in [2.24, 2.45) is 11.7 Å². The molecule has 4 N–H and O–H groups in total. The fourth-order valence-corrected chi connectivity index (χ4v) is 4.87. The Balaban J connectivity index is 1.59. The van der Waals surface area contributed by atoms with Gasteiger partial charge in [0.2, 0.25) is 5.91 Å². The molecule has 9 heteroatoms. The van der Waals surface area contributed by atoms with E-state index in [1.165, 1.54) is 11.9 Å². The maximum Gasteiger partial charge on any atom is 0.324 e. The summed E-state index contributed by atoms with van der Waals surface area (Å²) >= 11 is 0. The summed E-state index contributed by atoms with van der Waals surface area (Å²) in [7, 11) is 1.50. The normalized spacial score (nSPS) is 22.7. The summed E-state index contributed by atoms with van der Waals surface area (Å²) in [5.74, 6) is -0.624. The summed E-state index contributed by atoms with van der Waals surface area (Å²) in [4.78, 5) is 41.9. The van der Waals surface area contributed by atoms with Crippen molar-refractivity contribution in [1.29, 1.82) is 5.41 Å². The summed E-state index contributed by atoms with van der Waals surface area (Å²) < 4.78 is 5.77. The van der Waals surface area contributed by atoms with Gasteiger partial charge in [0.25, 0.3) is 5.91 Å². The molecule has 1 aromatic heterocycles. The number of hydrogen-bond donors (Lipinski definition) is 3. The number of benzene rings is 1. The van der Waals surface area contributed by atoms with Crippen molar-refractivity contribution in [3.63, 3.8) is 0 Å². The second-order valence-electron chi connectivity index (χ2n) is 8.13. The highest BCUT2D eigenvalue weighted by Crippen LogP contribution is 2.40. The van der Waals surface area contributed by atoms with Crippen LogP contribution in [0, 0.1) is 11.3 Å². The first-order chi connectivity index (χ1) is 14.9. The molecule has 4 rings (SSSR count). The van der Waals surface area contributed by atoms with Crippen molar-refractivity contribution in [2.45, 2.75) is 44.2 Å². The highest BCUT2D eigenvalue weighted by molar-refractivity contribution is 6.01. The molecule has 3 atom stereocenters. The number of furan rings is 1. The zero-order valence-electron chi connectivity index (χ0n) is 17.5. The highest BCUT2D eigenvalue weighted by Gasteiger charge is 2.56. The van der Waals surface area contributed by atoms with Gasteiger partial charge >= 0.3 is 6.03 Å². The number of fused-ring (bicyclic) bond motifs is 2. The fraction of sp³-hybridized carbons (Fsp3) is 0.455. The van der Waals surface area contributed by atoms with Crippen LogP contribution in [0.2, 0.25) is 0 Å². The molecule has 3 heterocycles. The summed E-state index contributed by atoms with van der Waals surface area (Å²) in [5, 5.41) is 10.8. The van der Waals surface area contributed by atoms with Crippen LogP contribution in [-0.2, 0) is 4.79 Å². The molecule has 2 aliphatic rings. The van der Waals surface area contributed by atoms with Gasteiger partial charge in [-0.2, -0.15) is 0 Å². The Bertz CT molecular complexity index is 999. The van der Waals surface area contributed by atoms with Crippen LogP contribution in [0.1, 0.15) is 42.7 Å². The van der Waals surface area contributed by atoms with Crippen LogP contribution in [0.25, 0.3) is 11.0 Å². The number of nitrogens with two attached hydrogens (primary N) is 1. The molecule has 0 spiro atoms. The van der Waals surface area contributed by atoms with Crippen molar-refractivity contribution < 1.29 is 18.8 Å². The van der Waals surface area contributed by atoms with Gasteiger partial charge in [-0.05, 0) is 31.4 Å². The molecule has 4 amide bonds. The molecular formula is C22H27N5O4. The van der Waals surface area contributed by atoms with E-state index in [0.717, 1.165) is 5.39 Å². The van der Waals surface area contributed by atoms with Crippen LogP contribution >= 0.6 is 0 Å². The maximum absolute atomic E-state index is 13.3. The molecule has 0 unspecified atom stereocenters. The van der Waals surface area contributed by atoms with Crippen molar-refractivity contribution >= 4 is 34.7 Å². The van der Waals surface area contributed by atoms with E-state index in [9.17, 15) is 14.4 Å². The van der Waals surface area contributed by atoms with Crippen LogP contribution in [-0.4, -0.2) is 59.2 Å². The second kappa shape index (κ2) is 8.41. The first kappa shape index (κ1) is 20.9. The molecular weight excluding hydrogens is 398 g/mol. The summed E-state index contributed by atoms with van der Waals surface area (Å²) in [6, 6.07) is 7.97. The van der Waals surface area contributed by atoms with E-state index in [-0.39, 0.29) is 35.5 Å². The van der Waals surface area contributed by atoms with E-state index in [2.05, 4.69) is 5.32 Å². The number of unbranched alkanes of at least 4 members (excludes halogenated alkanes) is 1. The lowest BCUT2D eigenvalue weighted by atomic mass is 9.92. The zero-order valence-corrected chi connectivity index (χ0v) is 17.5. The lowest BCUT2D eigenvalue weighted by Gasteiger charge is -2.26. The number of imide groups is 1. The third-order valence-electron chi connectivity index (χ3n) is 6.26. The Morgan fingerprint density at radius 3 is 2.77 bits per heavy atom.